The smallest absolute Gasteiger partial charge is 0.249 e. The number of pyridine rings is 1. The number of anilines is 1. The highest BCUT2D eigenvalue weighted by Crippen LogP contribution is 2.05. The van der Waals surface area contributed by atoms with E-state index in [1.165, 1.54) is 6.07 Å². The highest BCUT2D eigenvalue weighted by molar-refractivity contribution is 5.77. The number of nitrogens with zero attached hydrogens (tertiary/aromatic N) is 2. The van der Waals surface area contributed by atoms with Crippen LogP contribution >= 0.6 is 0 Å². The number of aromatic amines is 1. The Morgan fingerprint density at radius 3 is 2.81 bits per heavy atom. The van der Waals surface area contributed by atoms with Gasteiger partial charge in [0.15, 0.2) is 0 Å². The van der Waals surface area contributed by atoms with E-state index < -0.39 is 0 Å². The van der Waals surface area contributed by atoms with E-state index in [0.29, 0.717) is 0 Å². The second-order valence-electron chi connectivity index (χ2n) is 3.62. The maximum atomic E-state index is 11.2. The molecule has 0 saturated carbocycles. The summed E-state index contributed by atoms with van der Waals surface area (Å²) in [5, 5.41) is 0. The summed E-state index contributed by atoms with van der Waals surface area (Å²) in [4.78, 5) is 20.3. The summed E-state index contributed by atoms with van der Waals surface area (Å²) in [6, 6.07) is 5.15. The van der Waals surface area contributed by atoms with E-state index >= 15 is 0 Å². The fourth-order valence-corrected chi connectivity index (χ4v) is 1.37. The molecule has 0 fully saturated rings. The number of aliphatic imine (C=N–C) groups is 1. The molecule has 0 unspecified atom stereocenters. The lowest BCUT2D eigenvalue weighted by Crippen LogP contribution is -2.25. The maximum absolute atomic E-state index is 11.2. The van der Waals surface area contributed by atoms with Crippen molar-refractivity contribution in [2.75, 3.05) is 18.0 Å². The molecule has 0 aromatic carbocycles. The largest absolute Gasteiger partial charge is 0.319 e. The Morgan fingerprint density at radius 2 is 2.19 bits per heavy atom. The molecule has 0 aliphatic rings. The van der Waals surface area contributed by atoms with Crippen molar-refractivity contribution in [3.05, 3.63) is 28.6 Å². The van der Waals surface area contributed by atoms with Gasteiger partial charge in [-0.05, 0) is 18.9 Å². The molecule has 0 saturated heterocycles. The molecule has 1 rings (SSSR count). The average Bonchev–Trinajstić information content (AvgIpc) is 2.28. The summed E-state index contributed by atoms with van der Waals surface area (Å²) in [7, 11) is 0. The second kappa shape index (κ2) is 6.82. The van der Waals surface area contributed by atoms with Gasteiger partial charge in [-0.2, -0.15) is 0 Å². The Morgan fingerprint density at radius 1 is 1.38 bits per heavy atom. The number of hydrogen-bond acceptors (Lipinski definition) is 2. The third-order valence-electron chi connectivity index (χ3n) is 2.10. The first-order valence-corrected chi connectivity index (χ1v) is 5.73. The lowest BCUT2D eigenvalue weighted by molar-refractivity contribution is 0.879. The molecule has 0 amide bonds. The van der Waals surface area contributed by atoms with Crippen LogP contribution in [0.5, 0.6) is 0 Å². The van der Waals surface area contributed by atoms with E-state index in [1.54, 1.807) is 12.4 Å². The Bertz CT molecular complexity index is 384. The van der Waals surface area contributed by atoms with E-state index in [2.05, 4.69) is 23.8 Å². The summed E-state index contributed by atoms with van der Waals surface area (Å²) in [6.07, 6.45) is 3.84. The first-order valence-electron chi connectivity index (χ1n) is 5.73. The molecule has 1 N–H and O–H groups in total. The number of H-pyrrole nitrogens is 1. The predicted molar refractivity (Wildman–Crippen MR) is 68.3 cm³/mol. The van der Waals surface area contributed by atoms with Crippen molar-refractivity contribution in [2.24, 2.45) is 4.99 Å². The van der Waals surface area contributed by atoms with Crippen molar-refractivity contribution in [3.63, 3.8) is 0 Å². The van der Waals surface area contributed by atoms with Crippen molar-refractivity contribution < 1.29 is 0 Å². The maximum Gasteiger partial charge on any atom is 0.249 e. The van der Waals surface area contributed by atoms with Crippen LogP contribution in [-0.2, 0) is 0 Å². The standard InChI is InChI=1S/C12H19N3O/c1-3-8-13-10-15(9-4-2)11-6-5-7-12(16)14-11/h5-7,10H,3-4,8-9H2,1-2H3,(H,14,16). The Labute approximate surface area is 96.0 Å². The van der Waals surface area contributed by atoms with Crippen molar-refractivity contribution in [3.8, 4) is 0 Å². The van der Waals surface area contributed by atoms with Crippen molar-refractivity contribution in [2.45, 2.75) is 26.7 Å². The first-order chi connectivity index (χ1) is 7.77. The summed E-state index contributed by atoms with van der Waals surface area (Å²) >= 11 is 0. The molecular formula is C12H19N3O. The van der Waals surface area contributed by atoms with Gasteiger partial charge in [-0.25, -0.2) is 0 Å². The molecular weight excluding hydrogens is 202 g/mol. The SMILES string of the molecule is CCCN=CN(CCC)c1cccc(=O)[nH]1. The Hall–Kier alpha value is -1.58. The van der Waals surface area contributed by atoms with Gasteiger partial charge in [0.1, 0.15) is 5.82 Å². The van der Waals surface area contributed by atoms with E-state index in [9.17, 15) is 4.79 Å². The van der Waals surface area contributed by atoms with Gasteiger partial charge in [0.05, 0.1) is 6.34 Å². The van der Waals surface area contributed by atoms with Gasteiger partial charge >= 0.3 is 0 Å². The van der Waals surface area contributed by atoms with Crippen LogP contribution in [0.4, 0.5) is 5.82 Å². The van der Waals surface area contributed by atoms with Crippen LogP contribution in [0.25, 0.3) is 0 Å². The molecule has 4 nitrogen and oxygen atoms in total. The van der Waals surface area contributed by atoms with Gasteiger partial charge in [0, 0.05) is 19.2 Å². The summed E-state index contributed by atoms with van der Waals surface area (Å²) in [6.45, 7) is 5.86. The second-order valence-corrected chi connectivity index (χ2v) is 3.62. The minimum absolute atomic E-state index is 0.0810. The number of rotatable bonds is 6. The third-order valence-corrected chi connectivity index (χ3v) is 2.10. The van der Waals surface area contributed by atoms with Crippen molar-refractivity contribution in [1.29, 1.82) is 0 Å². The molecule has 1 heterocycles. The third kappa shape index (κ3) is 3.88. The summed E-state index contributed by atoms with van der Waals surface area (Å²) in [5.41, 5.74) is -0.0810. The molecule has 16 heavy (non-hydrogen) atoms. The van der Waals surface area contributed by atoms with Crippen molar-refractivity contribution in [1.82, 2.24) is 4.98 Å². The van der Waals surface area contributed by atoms with Gasteiger partial charge in [-0.15, -0.1) is 0 Å². The highest BCUT2D eigenvalue weighted by Gasteiger charge is 2.02. The monoisotopic (exact) mass is 221 g/mol. The van der Waals surface area contributed by atoms with Crippen molar-refractivity contribution >= 4 is 12.2 Å². The zero-order valence-corrected chi connectivity index (χ0v) is 9.94. The molecule has 0 aliphatic heterocycles. The minimum Gasteiger partial charge on any atom is -0.319 e. The number of nitrogens with one attached hydrogen (secondary N) is 1. The van der Waals surface area contributed by atoms with E-state index in [4.69, 9.17) is 0 Å². The number of aromatic nitrogens is 1. The zero-order valence-electron chi connectivity index (χ0n) is 9.94. The van der Waals surface area contributed by atoms with Crippen LogP contribution in [0, 0.1) is 0 Å². The average molecular weight is 221 g/mol. The van der Waals surface area contributed by atoms with Gasteiger partial charge in [-0.3, -0.25) is 9.79 Å². The van der Waals surface area contributed by atoms with E-state index in [-0.39, 0.29) is 5.56 Å². The summed E-state index contributed by atoms with van der Waals surface area (Å²) in [5.74, 6) is 0.800. The van der Waals surface area contributed by atoms with E-state index in [1.807, 2.05) is 11.0 Å². The fourth-order valence-electron chi connectivity index (χ4n) is 1.37. The molecule has 4 heteroatoms. The molecule has 0 spiro atoms. The lowest BCUT2D eigenvalue weighted by atomic mass is 10.4. The van der Waals surface area contributed by atoms with Crippen LogP contribution in [0.2, 0.25) is 0 Å². The fraction of sp³-hybridized carbons (Fsp3) is 0.500. The number of hydrogen-bond donors (Lipinski definition) is 1. The van der Waals surface area contributed by atoms with Gasteiger partial charge < -0.3 is 9.88 Å². The van der Waals surface area contributed by atoms with Gasteiger partial charge in [0.2, 0.25) is 5.56 Å². The highest BCUT2D eigenvalue weighted by atomic mass is 16.1. The van der Waals surface area contributed by atoms with Crippen LogP contribution in [-0.4, -0.2) is 24.4 Å². The molecule has 0 bridgehead atoms. The van der Waals surface area contributed by atoms with Crippen LogP contribution in [0.15, 0.2) is 28.0 Å². The van der Waals surface area contributed by atoms with Crippen LogP contribution in [0.1, 0.15) is 26.7 Å². The zero-order chi connectivity index (χ0) is 11.8. The normalized spacial score (nSPS) is 10.9. The quantitative estimate of drug-likeness (QED) is 0.590. The Kier molecular flexibility index (Phi) is 5.32. The molecule has 0 aliphatic carbocycles. The molecule has 0 radical (unpaired) electrons. The molecule has 1 aromatic heterocycles. The van der Waals surface area contributed by atoms with E-state index in [0.717, 1.165) is 31.7 Å². The molecule has 1 aromatic rings. The van der Waals surface area contributed by atoms with Crippen LogP contribution in [0.3, 0.4) is 0 Å². The first kappa shape index (κ1) is 12.5. The predicted octanol–water partition coefficient (Wildman–Crippen LogP) is 2.03. The Balaban J connectivity index is 2.80. The topological polar surface area (TPSA) is 48.5 Å². The lowest BCUT2D eigenvalue weighted by Gasteiger charge is -2.17. The molecule has 0 atom stereocenters. The minimum atomic E-state index is -0.0810. The van der Waals surface area contributed by atoms with Gasteiger partial charge in [0.25, 0.3) is 0 Å². The molecule has 88 valence electrons. The van der Waals surface area contributed by atoms with Gasteiger partial charge in [-0.1, -0.05) is 19.9 Å². The van der Waals surface area contributed by atoms with Crippen LogP contribution < -0.4 is 10.5 Å². The summed E-state index contributed by atoms with van der Waals surface area (Å²) < 4.78 is 0.